The number of urea groups is 1. The van der Waals surface area contributed by atoms with Crippen LogP contribution >= 0.6 is 11.3 Å². The molecule has 6 nitrogen and oxygen atoms in total. The van der Waals surface area contributed by atoms with Crippen LogP contribution in [0.4, 0.5) is 9.18 Å². The van der Waals surface area contributed by atoms with Gasteiger partial charge in [0.15, 0.2) is 0 Å². The Morgan fingerprint density at radius 2 is 2.04 bits per heavy atom. The zero-order chi connectivity index (χ0) is 19.3. The molecule has 3 heterocycles. The number of benzene rings is 2. The number of amides is 2. The highest BCUT2D eigenvalue weighted by Crippen LogP contribution is 2.34. The lowest BCUT2D eigenvalue weighted by atomic mass is 10.2. The van der Waals surface area contributed by atoms with Crippen LogP contribution in [0.15, 0.2) is 42.5 Å². The van der Waals surface area contributed by atoms with Gasteiger partial charge >= 0.3 is 6.03 Å². The van der Waals surface area contributed by atoms with E-state index in [4.69, 9.17) is 10.5 Å². The van der Waals surface area contributed by atoms with Crippen LogP contribution in [-0.4, -0.2) is 46.0 Å². The van der Waals surface area contributed by atoms with Crippen LogP contribution < -0.4 is 10.5 Å². The van der Waals surface area contributed by atoms with Gasteiger partial charge in [-0.15, -0.1) is 0 Å². The summed E-state index contributed by atoms with van der Waals surface area (Å²) in [6, 6.07) is 13.0. The molecule has 2 saturated heterocycles. The fourth-order valence-corrected chi connectivity index (χ4v) is 4.99. The molecule has 2 fully saturated rings. The molecule has 2 N–H and O–H groups in total. The highest BCUT2D eigenvalue weighted by molar-refractivity contribution is 7.20. The first-order chi connectivity index (χ1) is 13.6. The van der Waals surface area contributed by atoms with Crippen LogP contribution in [0.25, 0.3) is 10.2 Å². The van der Waals surface area contributed by atoms with E-state index < -0.39 is 0 Å². The standard InChI is InChI=1S/C20H19FN4O2S/c21-16-2-1-3-17-18(16)28-20(23-17)27-15-6-4-12(5-7-15)9-24-10-14-8-13(24)11-25(14)19(22)26/h1-7,13-14H,8-11H2,(H2,22,26). The fraction of sp³-hybridized carbons (Fsp3) is 0.300. The fourth-order valence-electron chi connectivity index (χ4n) is 4.15. The number of ether oxygens (including phenoxy) is 1. The summed E-state index contributed by atoms with van der Waals surface area (Å²) in [5.74, 6) is 0.390. The van der Waals surface area contributed by atoms with Gasteiger partial charge in [0.2, 0.25) is 0 Å². The number of rotatable bonds is 4. The first-order valence-electron chi connectivity index (χ1n) is 9.19. The summed E-state index contributed by atoms with van der Waals surface area (Å²) in [5, 5.41) is 0.427. The van der Waals surface area contributed by atoms with Crippen molar-refractivity contribution in [1.29, 1.82) is 0 Å². The molecule has 0 aliphatic carbocycles. The second-order valence-corrected chi connectivity index (χ2v) is 8.24. The molecule has 2 amide bonds. The summed E-state index contributed by atoms with van der Waals surface area (Å²) in [5.41, 5.74) is 7.21. The Balaban J connectivity index is 1.24. The van der Waals surface area contributed by atoms with Gasteiger partial charge in [-0.2, -0.15) is 0 Å². The maximum Gasteiger partial charge on any atom is 0.315 e. The van der Waals surface area contributed by atoms with Crippen molar-refractivity contribution in [2.45, 2.75) is 25.0 Å². The molecule has 2 aromatic carbocycles. The second-order valence-electron chi connectivity index (χ2n) is 7.28. The van der Waals surface area contributed by atoms with Gasteiger partial charge in [-0.05, 0) is 36.2 Å². The van der Waals surface area contributed by atoms with Crippen LogP contribution in [0.2, 0.25) is 0 Å². The third-order valence-electron chi connectivity index (χ3n) is 5.50. The molecule has 0 radical (unpaired) electrons. The van der Waals surface area contributed by atoms with Crippen LogP contribution in [-0.2, 0) is 6.54 Å². The molecule has 2 unspecified atom stereocenters. The largest absolute Gasteiger partial charge is 0.431 e. The summed E-state index contributed by atoms with van der Waals surface area (Å²) in [4.78, 5) is 19.9. The molecule has 0 saturated carbocycles. The Kier molecular flexibility index (Phi) is 4.17. The third kappa shape index (κ3) is 3.08. The number of hydrogen-bond donors (Lipinski definition) is 1. The Morgan fingerprint density at radius 1 is 1.21 bits per heavy atom. The third-order valence-corrected chi connectivity index (χ3v) is 6.46. The first kappa shape index (κ1) is 17.4. The van der Waals surface area contributed by atoms with Crippen molar-refractivity contribution >= 4 is 27.6 Å². The lowest BCUT2D eigenvalue weighted by Crippen LogP contribution is -2.50. The number of primary amides is 1. The van der Waals surface area contributed by atoms with Crippen molar-refractivity contribution in [2.75, 3.05) is 13.1 Å². The first-order valence-corrected chi connectivity index (χ1v) is 10.0. The van der Waals surface area contributed by atoms with E-state index >= 15 is 0 Å². The quantitative estimate of drug-likeness (QED) is 0.729. The molecule has 2 atom stereocenters. The number of aromatic nitrogens is 1. The number of piperazine rings is 1. The van der Waals surface area contributed by atoms with Gasteiger partial charge in [-0.1, -0.05) is 29.5 Å². The van der Waals surface area contributed by atoms with E-state index in [0.29, 0.717) is 27.2 Å². The van der Waals surface area contributed by atoms with Crippen LogP contribution in [0.3, 0.4) is 0 Å². The van der Waals surface area contributed by atoms with E-state index in [1.54, 1.807) is 17.0 Å². The topological polar surface area (TPSA) is 71.7 Å². The number of nitrogens with two attached hydrogens (primary N) is 1. The smallest absolute Gasteiger partial charge is 0.315 e. The Morgan fingerprint density at radius 3 is 2.71 bits per heavy atom. The highest BCUT2D eigenvalue weighted by atomic mass is 32.1. The lowest BCUT2D eigenvalue weighted by Gasteiger charge is -2.33. The average Bonchev–Trinajstić information content (AvgIpc) is 3.37. The number of carbonyl (C=O) groups is 1. The second kappa shape index (κ2) is 6.72. The number of carbonyl (C=O) groups excluding carboxylic acids is 1. The van der Waals surface area contributed by atoms with E-state index in [0.717, 1.165) is 26.1 Å². The molecule has 8 heteroatoms. The molecule has 3 aromatic rings. The minimum Gasteiger partial charge on any atom is -0.431 e. The number of fused-ring (bicyclic) bond motifs is 3. The van der Waals surface area contributed by atoms with Crippen molar-refractivity contribution in [1.82, 2.24) is 14.8 Å². The monoisotopic (exact) mass is 398 g/mol. The van der Waals surface area contributed by atoms with Crippen molar-refractivity contribution in [3.8, 4) is 10.9 Å². The number of halogens is 1. The molecule has 2 aliphatic rings. The van der Waals surface area contributed by atoms with Crippen LogP contribution in [0.5, 0.6) is 10.9 Å². The summed E-state index contributed by atoms with van der Waals surface area (Å²) < 4.78 is 20.1. The molecular formula is C20H19FN4O2S. The number of nitrogens with zero attached hydrogens (tertiary/aromatic N) is 3. The number of hydrogen-bond acceptors (Lipinski definition) is 5. The SMILES string of the molecule is NC(=O)N1CC2CC1CN2Cc1ccc(Oc2nc3cccc(F)c3s2)cc1. The summed E-state index contributed by atoms with van der Waals surface area (Å²) in [7, 11) is 0. The van der Waals surface area contributed by atoms with Gasteiger partial charge in [-0.25, -0.2) is 14.2 Å². The van der Waals surface area contributed by atoms with E-state index in [1.165, 1.54) is 23.0 Å². The number of thiazole rings is 1. The van der Waals surface area contributed by atoms with Gasteiger partial charge in [-0.3, -0.25) is 4.90 Å². The molecule has 5 rings (SSSR count). The summed E-state index contributed by atoms with van der Waals surface area (Å²) in [6.45, 7) is 2.42. The normalized spacial score (nSPS) is 21.5. The van der Waals surface area contributed by atoms with E-state index in [1.807, 2.05) is 24.3 Å². The molecule has 144 valence electrons. The van der Waals surface area contributed by atoms with E-state index in [-0.39, 0.29) is 17.9 Å². The highest BCUT2D eigenvalue weighted by Gasteiger charge is 2.44. The maximum atomic E-state index is 13.8. The van der Waals surface area contributed by atoms with Gasteiger partial charge in [0, 0.05) is 31.7 Å². The van der Waals surface area contributed by atoms with Crippen molar-refractivity contribution < 1.29 is 13.9 Å². The molecule has 2 aliphatic heterocycles. The van der Waals surface area contributed by atoms with Crippen molar-refractivity contribution in [3.63, 3.8) is 0 Å². The predicted octanol–water partition coefficient (Wildman–Crippen LogP) is 3.56. The predicted molar refractivity (Wildman–Crippen MR) is 105 cm³/mol. The zero-order valence-corrected chi connectivity index (χ0v) is 15.9. The van der Waals surface area contributed by atoms with E-state index in [2.05, 4.69) is 9.88 Å². The molecule has 28 heavy (non-hydrogen) atoms. The van der Waals surface area contributed by atoms with E-state index in [9.17, 15) is 9.18 Å². The summed E-state index contributed by atoms with van der Waals surface area (Å²) >= 11 is 1.20. The Labute approximate surface area is 165 Å². The zero-order valence-electron chi connectivity index (χ0n) is 15.0. The lowest BCUT2D eigenvalue weighted by molar-refractivity contribution is 0.137. The minimum atomic E-state index is -0.316. The van der Waals surface area contributed by atoms with Gasteiger partial charge in [0.1, 0.15) is 11.6 Å². The number of likely N-dealkylation sites (tertiary alicyclic amines) is 2. The molecule has 2 bridgehead atoms. The van der Waals surface area contributed by atoms with Crippen molar-refractivity contribution in [2.24, 2.45) is 5.73 Å². The minimum absolute atomic E-state index is 0.240. The van der Waals surface area contributed by atoms with Gasteiger partial charge in [0.05, 0.1) is 10.2 Å². The average molecular weight is 398 g/mol. The molecule has 0 spiro atoms. The van der Waals surface area contributed by atoms with Gasteiger partial charge in [0.25, 0.3) is 5.19 Å². The van der Waals surface area contributed by atoms with Gasteiger partial charge < -0.3 is 15.4 Å². The maximum absolute atomic E-state index is 13.8. The Hall–Kier alpha value is -2.71. The Bertz CT molecular complexity index is 1040. The summed E-state index contributed by atoms with van der Waals surface area (Å²) in [6.07, 6.45) is 0.998. The van der Waals surface area contributed by atoms with Crippen molar-refractivity contribution in [3.05, 3.63) is 53.8 Å². The van der Waals surface area contributed by atoms with Crippen LogP contribution in [0.1, 0.15) is 12.0 Å². The van der Waals surface area contributed by atoms with Crippen LogP contribution in [0, 0.1) is 5.82 Å². The molecule has 1 aromatic heterocycles. The molecular weight excluding hydrogens is 379 g/mol.